The van der Waals surface area contributed by atoms with Crippen LogP contribution in [0.1, 0.15) is 33.6 Å². The van der Waals surface area contributed by atoms with Gasteiger partial charge in [-0.25, -0.2) is 4.79 Å². The number of nitrogens with one attached hydrogen (secondary N) is 2. The van der Waals surface area contributed by atoms with Crippen molar-refractivity contribution in [3.8, 4) is 0 Å². The fourth-order valence-corrected chi connectivity index (χ4v) is 2.13. The molecule has 1 fully saturated rings. The molecule has 1 aliphatic carbocycles. The molecule has 0 aromatic rings. The molecule has 0 aliphatic heterocycles. The van der Waals surface area contributed by atoms with Gasteiger partial charge in [-0.3, -0.25) is 14.9 Å². The van der Waals surface area contributed by atoms with Crippen molar-refractivity contribution in [2.24, 2.45) is 5.41 Å². The molecule has 0 aromatic carbocycles. The first kappa shape index (κ1) is 17.0. The molecule has 6 nitrogen and oxygen atoms in total. The maximum Gasteiger partial charge on any atom is 0.321 e. The third kappa shape index (κ3) is 3.99. The van der Waals surface area contributed by atoms with Crippen molar-refractivity contribution < 1.29 is 19.1 Å². The van der Waals surface area contributed by atoms with Gasteiger partial charge in [0.1, 0.15) is 9.75 Å². The van der Waals surface area contributed by atoms with Crippen molar-refractivity contribution in [2.45, 2.75) is 44.0 Å². The lowest BCUT2D eigenvalue weighted by Crippen LogP contribution is -2.44. The molecule has 0 saturated heterocycles. The molecular weight excluding hydrogens is 307 g/mol. The first-order chi connectivity index (χ1) is 9.12. The molecule has 114 valence electrons. The number of esters is 1. The van der Waals surface area contributed by atoms with E-state index < -0.39 is 34.3 Å². The van der Waals surface area contributed by atoms with Crippen LogP contribution in [0.5, 0.6) is 0 Å². The smallest absolute Gasteiger partial charge is 0.321 e. The van der Waals surface area contributed by atoms with Crippen LogP contribution in [-0.2, 0) is 14.3 Å². The standard InChI is InChI=1S/C12H18Cl2N2O4/c1-4-7(2)15-10(19)16-8(17)5-20-9(18)11(3)6-12(11,13)14/h7H,4-6H2,1-3H3,(H2,15,16,17,19)/t7-,11+/m1/s1. The number of ether oxygens (including phenoxy) is 1. The Labute approximate surface area is 127 Å². The minimum atomic E-state index is -1.14. The molecule has 0 spiro atoms. The van der Waals surface area contributed by atoms with Crippen LogP contribution in [0.2, 0.25) is 0 Å². The Balaban J connectivity index is 2.31. The zero-order valence-electron chi connectivity index (χ0n) is 11.6. The van der Waals surface area contributed by atoms with Crippen LogP contribution in [0.3, 0.4) is 0 Å². The van der Waals surface area contributed by atoms with E-state index in [2.05, 4.69) is 10.6 Å². The van der Waals surface area contributed by atoms with Gasteiger partial charge in [-0.15, -0.1) is 23.2 Å². The fourth-order valence-electron chi connectivity index (χ4n) is 1.44. The Kier molecular flexibility index (Phi) is 5.27. The van der Waals surface area contributed by atoms with E-state index in [1.165, 1.54) is 0 Å². The van der Waals surface area contributed by atoms with E-state index in [-0.39, 0.29) is 12.5 Å². The maximum atomic E-state index is 11.7. The summed E-state index contributed by atoms with van der Waals surface area (Å²) in [4.78, 5) is 34.5. The third-order valence-corrected chi connectivity index (χ3v) is 4.39. The highest BCUT2D eigenvalue weighted by atomic mass is 35.5. The van der Waals surface area contributed by atoms with E-state index in [4.69, 9.17) is 27.9 Å². The van der Waals surface area contributed by atoms with E-state index in [0.29, 0.717) is 0 Å². The Morgan fingerprint density at radius 1 is 1.35 bits per heavy atom. The van der Waals surface area contributed by atoms with Gasteiger partial charge in [0.05, 0.1) is 0 Å². The molecule has 0 aromatic heterocycles. The molecule has 0 unspecified atom stereocenters. The number of amides is 3. The predicted molar refractivity (Wildman–Crippen MR) is 74.5 cm³/mol. The molecule has 0 bridgehead atoms. The van der Waals surface area contributed by atoms with E-state index in [1.54, 1.807) is 13.8 Å². The largest absolute Gasteiger partial charge is 0.455 e. The van der Waals surface area contributed by atoms with Crippen molar-refractivity contribution in [2.75, 3.05) is 6.61 Å². The highest BCUT2D eigenvalue weighted by molar-refractivity contribution is 6.53. The van der Waals surface area contributed by atoms with Gasteiger partial charge in [0.25, 0.3) is 5.91 Å². The second-order valence-electron chi connectivity index (χ2n) is 5.12. The molecule has 0 radical (unpaired) electrons. The lowest BCUT2D eigenvalue weighted by molar-refractivity contribution is -0.153. The first-order valence-electron chi connectivity index (χ1n) is 6.28. The van der Waals surface area contributed by atoms with Gasteiger partial charge in [0.15, 0.2) is 6.61 Å². The zero-order chi connectivity index (χ0) is 15.6. The summed E-state index contributed by atoms with van der Waals surface area (Å²) in [5.74, 6) is -1.36. The second kappa shape index (κ2) is 6.18. The normalized spacial score (nSPS) is 24.4. The summed E-state index contributed by atoms with van der Waals surface area (Å²) >= 11 is 11.6. The van der Waals surface area contributed by atoms with Crippen LogP contribution < -0.4 is 10.6 Å². The zero-order valence-corrected chi connectivity index (χ0v) is 13.1. The van der Waals surface area contributed by atoms with E-state index in [0.717, 1.165) is 6.42 Å². The van der Waals surface area contributed by atoms with Crippen molar-refractivity contribution in [3.63, 3.8) is 0 Å². The third-order valence-electron chi connectivity index (χ3n) is 3.29. The van der Waals surface area contributed by atoms with Gasteiger partial charge < -0.3 is 10.1 Å². The van der Waals surface area contributed by atoms with Crippen LogP contribution in [-0.4, -0.2) is 34.9 Å². The fraction of sp³-hybridized carbons (Fsp3) is 0.750. The summed E-state index contributed by atoms with van der Waals surface area (Å²) in [6, 6.07) is -0.675. The van der Waals surface area contributed by atoms with Crippen molar-refractivity contribution in [3.05, 3.63) is 0 Å². The molecule has 3 amide bonds. The number of alkyl halides is 2. The SMILES string of the molecule is CC[C@@H](C)NC(=O)NC(=O)COC(=O)[C@]1(C)CC1(Cl)Cl. The van der Waals surface area contributed by atoms with Crippen molar-refractivity contribution in [1.29, 1.82) is 0 Å². The number of hydrogen-bond donors (Lipinski definition) is 2. The molecule has 1 saturated carbocycles. The number of urea groups is 1. The van der Waals surface area contributed by atoms with E-state index in [1.807, 2.05) is 6.92 Å². The summed E-state index contributed by atoms with van der Waals surface area (Å²) in [6.07, 6.45) is 1.01. The Morgan fingerprint density at radius 3 is 2.35 bits per heavy atom. The highest BCUT2D eigenvalue weighted by Gasteiger charge is 2.69. The quantitative estimate of drug-likeness (QED) is 0.596. The molecule has 20 heavy (non-hydrogen) atoms. The first-order valence-corrected chi connectivity index (χ1v) is 7.03. The van der Waals surface area contributed by atoms with Gasteiger partial charge in [0, 0.05) is 12.5 Å². The number of hydrogen-bond acceptors (Lipinski definition) is 4. The lowest BCUT2D eigenvalue weighted by Gasteiger charge is -2.13. The lowest BCUT2D eigenvalue weighted by atomic mass is 10.1. The van der Waals surface area contributed by atoms with Crippen molar-refractivity contribution >= 4 is 41.1 Å². The molecule has 8 heteroatoms. The Hall–Kier alpha value is -1.01. The van der Waals surface area contributed by atoms with E-state index >= 15 is 0 Å². The summed E-state index contributed by atoms with van der Waals surface area (Å²) in [7, 11) is 0. The number of carbonyl (C=O) groups excluding carboxylic acids is 3. The average Bonchev–Trinajstić information content (AvgIpc) is 2.86. The minimum Gasteiger partial charge on any atom is -0.455 e. The molecule has 1 aliphatic rings. The maximum absolute atomic E-state index is 11.7. The van der Waals surface area contributed by atoms with Crippen LogP contribution >= 0.6 is 23.2 Å². The van der Waals surface area contributed by atoms with Crippen LogP contribution in [0.4, 0.5) is 4.79 Å². The molecule has 1 rings (SSSR count). The minimum absolute atomic E-state index is 0.0520. The van der Waals surface area contributed by atoms with Gasteiger partial charge >= 0.3 is 12.0 Å². The summed E-state index contributed by atoms with van der Waals surface area (Å²) in [5, 5.41) is 4.61. The predicted octanol–water partition coefficient (Wildman–Crippen LogP) is 1.74. The van der Waals surface area contributed by atoms with E-state index in [9.17, 15) is 14.4 Å². The van der Waals surface area contributed by atoms with Gasteiger partial charge in [0.2, 0.25) is 0 Å². The molecule has 0 heterocycles. The van der Waals surface area contributed by atoms with Crippen LogP contribution in [0.15, 0.2) is 0 Å². The van der Waals surface area contributed by atoms with Gasteiger partial charge in [-0.05, 0) is 20.3 Å². The van der Waals surface area contributed by atoms with Crippen molar-refractivity contribution in [1.82, 2.24) is 10.6 Å². The highest BCUT2D eigenvalue weighted by Crippen LogP contribution is 2.64. The summed E-state index contributed by atoms with van der Waals surface area (Å²) in [6.45, 7) is 4.71. The molecular formula is C12H18Cl2N2O4. The average molecular weight is 325 g/mol. The Morgan fingerprint density at radius 2 is 1.90 bits per heavy atom. The van der Waals surface area contributed by atoms with Crippen LogP contribution in [0.25, 0.3) is 0 Å². The number of carbonyl (C=O) groups is 3. The monoisotopic (exact) mass is 324 g/mol. The van der Waals surface area contributed by atoms with Gasteiger partial charge in [-0.2, -0.15) is 0 Å². The molecule has 2 atom stereocenters. The van der Waals surface area contributed by atoms with Crippen LogP contribution in [0, 0.1) is 5.41 Å². The Bertz CT molecular complexity index is 428. The number of imide groups is 1. The van der Waals surface area contributed by atoms with Gasteiger partial charge in [-0.1, -0.05) is 6.92 Å². The summed E-state index contributed by atoms with van der Waals surface area (Å²) in [5.41, 5.74) is -0.991. The molecule has 2 N–H and O–H groups in total. The number of halogens is 2. The second-order valence-corrected chi connectivity index (χ2v) is 6.60. The number of rotatable bonds is 5. The summed E-state index contributed by atoms with van der Waals surface area (Å²) < 4.78 is 3.65. The topological polar surface area (TPSA) is 84.5 Å².